The molecule has 0 saturated carbocycles. The van der Waals surface area contributed by atoms with Crippen molar-refractivity contribution in [2.75, 3.05) is 19.2 Å². The van der Waals surface area contributed by atoms with Gasteiger partial charge < -0.3 is 19.5 Å². The zero-order chi connectivity index (χ0) is 16.9. The van der Waals surface area contributed by atoms with Crippen LogP contribution in [0, 0.1) is 11.3 Å². The summed E-state index contributed by atoms with van der Waals surface area (Å²) in [6, 6.07) is 14.1. The van der Waals surface area contributed by atoms with Crippen LogP contribution in [0.15, 0.2) is 48.0 Å². The topological polar surface area (TPSA) is 80.6 Å². The fraction of sp³-hybridized carbons (Fsp3) is 0.111. The maximum absolute atomic E-state index is 12.3. The van der Waals surface area contributed by atoms with Crippen LogP contribution in [-0.4, -0.2) is 19.8 Å². The van der Waals surface area contributed by atoms with Crippen LogP contribution in [-0.2, 0) is 4.79 Å². The third-order valence-electron chi connectivity index (χ3n) is 3.40. The van der Waals surface area contributed by atoms with Crippen LogP contribution in [0.3, 0.4) is 0 Å². The van der Waals surface area contributed by atoms with Crippen LogP contribution >= 0.6 is 0 Å². The van der Waals surface area contributed by atoms with Gasteiger partial charge >= 0.3 is 0 Å². The Bertz CT molecular complexity index is 852. The lowest BCUT2D eigenvalue weighted by Crippen LogP contribution is -2.13. The molecule has 3 rings (SSSR count). The summed E-state index contributed by atoms with van der Waals surface area (Å²) in [6.07, 6.45) is 1.50. The second-order valence-electron chi connectivity index (χ2n) is 4.97. The Balaban J connectivity index is 1.79. The molecule has 0 unspecified atom stereocenters. The molecule has 24 heavy (non-hydrogen) atoms. The number of hydrogen-bond donors (Lipinski definition) is 1. The molecule has 1 amide bonds. The van der Waals surface area contributed by atoms with Gasteiger partial charge in [-0.05, 0) is 35.9 Å². The highest BCUT2D eigenvalue weighted by atomic mass is 16.7. The number of methoxy groups -OCH3 is 1. The zero-order valence-corrected chi connectivity index (χ0v) is 12.9. The van der Waals surface area contributed by atoms with E-state index in [2.05, 4.69) is 5.32 Å². The largest absolute Gasteiger partial charge is 0.497 e. The molecule has 0 spiro atoms. The van der Waals surface area contributed by atoms with Crippen LogP contribution in [0.25, 0.3) is 6.08 Å². The molecule has 1 aliphatic heterocycles. The van der Waals surface area contributed by atoms with E-state index in [4.69, 9.17) is 14.2 Å². The first kappa shape index (κ1) is 15.4. The third-order valence-corrected chi connectivity index (χ3v) is 3.40. The Morgan fingerprint density at radius 2 is 2.08 bits per heavy atom. The van der Waals surface area contributed by atoms with Gasteiger partial charge in [-0.2, -0.15) is 5.26 Å². The van der Waals surface area contributed by atoms with Crippen molar-refractivity contribution in [1.82, 2.24) is 0 Å². The Morgan fingerprint density at radius 1 is 1.25 bits per heavy atom. The molecule has 2 aromatic rings. The van der Waals surface area contributed by atoms with Crippen LogP contribution in [0.4, 0.5) is 5.69 Å². The first-order valence-electron chi connectivity index (χ1n) is 7.16. The number of anilines is 1. The minimum absolute atomic E-state index is 0.0130. The highest BCUT2D eigenvalue weighted by molar-refractivity contribution is 6.09. The van der Waals surface area contributed by atoms with Crippen LogP contribution in [0.2, 0.25) is 0 Å². The van der Waals surface area contributed by atoms with Crippen molar-refractivity contribution in [2.24, 2.45) is 0 Å². The second-order valence-corrected chi connectivity index (χ2v) is 4.97. The van der Waals surface area contributed by atoms with Crippen molar-refractivity contribution < 1.29 is 19.0 Å². The molecule has 1 heterocycles. The average molecular weight is 322 g/mol. The molecular formula is C18H14N2O4. The number of carbonyl (C=O) groups excluding carboxylic acids is 1. The summed E-state index contributed by atoms with van der Waals surface area (Å²) < 4.78 is 15.6. The van der Waals surface area contributed by atoms with Crippen molar-refractivity contribution in [3.05, 3.63) is 53.6 Å². The van der Waals surface area contributed by atoms with Gasteiger partial charge in [-0.15, -0.1) is 0 Å². The second kappa shape index (κ2) is 6.75. The summed E-state index contributed by atoms with van der Waals surface area (Å²) in [7, 11) is 1.56. The number of fused-ring (bicyclic) bond motifs is 1. The van der Waals surface area contributed by atoms with Gasteiger partial charge in [-0.25, -0.2) is 0 Å². The first-order chi connectivity index (χ1) is 11.7. The molecule has 0 aliphatic carbocycles. The van der Waals surface area contributed by atoms with E-state index in [-0.39, 0.29) is 12.4 Å². The highest BCUT2D eigenvalue weighted by Crippen LogP contribution is 2.34. The fourth-order valence-corrected chi connectivity index (χ4v) is 2.22. The summed E-state index contributed by atoms with van der Waals surface area (Å²) in [5, 5.41) is 11.9. The molecule has 1 N–H and O–H groups in total. The lowest BCUT2D eigenvalue weighted by Gasteiger charge is -2.06. The molecule has 0 aromatic heterocycles. The summed E-state index contributed by atoms with van der Waals surface area (Å²) >= 11 is 0. The van der Waals surface area contributed by atoms with E-state index in [9.17, 15) is 10.1 Å². The van der Waals surface area contributed by atoms with Gasteiger partial charge in [0.05, 0.1) is 7.11 Å². The third kappa shape index (κ3) is 3.31. The van der Waals surface area contributed by atoms with Crippen molar-refractivity contribution in [3.8, 4) is 23.3 Å². The molecule has 0 bridgehead atoms. The van der Waals surface area contributed by atoms with Crippen molar-refractivity contribution >= 4 is 17.7 Å². The minimum atomic E-state index is -0.501. The van der Waals surface area contributed by atoms with E-state index in [1.165, 1.54) is 6.08 Å². The Hall–Kier alpha value is -3.46. The van der Waals surface area contributed by atoms with Gasteiger partial charge in [0.1, 0.15) is 17.4 Å². The number of benzene rings is 2. The number of carbonyl (C=O) groups is 1. The number of nitriles is 1. The number of amides is 1. The summed E-state index contributed by atoms with van der Waals surface area (Å²) in [6.45, 7) is 0.159. The van der Waals surface area contributed by atoms with E-state index in [0.717, 1.165) is 0 Å². The van der Waals surface area contributed by atoms with Gasteiger partial charge in [0.2, 0.25) is 6.79 Å². The van der Waals surface area contributed by atoms with Crippen LogP contribution < -0.4 is 19.5 Å². The summed E-state index contributed by atoms with van der Waals surface area (Å²) in [5.74, 6) is 1.33. The van der Waals surface area contributed by atoms with Gasteiger partial charge in [0.25, 0.3) is 5.91 Å². The highest BCUT2D eigenvalue weighted by Gasteiger charge is 2.15. The number of hydrogen-bond acceptors (Lipinski definition) is 5. The zero-order valence-electron chi connectivity index (χ0n) is 12.9. The Morgan fingerprint density at radius 3 is 2.88 bits per heavy atom. The Labute approximate surface area is 138 Å². The molecule has 1 aliphatic rings. The molecule has 120 valence electrons. The maximum atomic E-state index is 12.3. The van der Waals surface area contributed by atoms with Gasteiger partial charge in [-0.3, -0.25) is 4.79 Å². The molecule has 2 aromatic carbocycles. The number of rotatable bonds is 4. The van der Waals surface area contributed by atoms with Crippen LogP contribution in [0.1, 0.15) is 5.56 Å². The quantitative estimate of drug-likeness (QED) is 0.691. The van der Waals surface area contributed by atoms with E-state index in [0.29, 0.717) is 28.5 Å². The maximum Gasteiger partial charge on any atom is 0.266 e. The summed E-state index contributed by atoms with van der Waals surface area (Å²) in [4.78, 5) is 12.3. The normalized spacial score (nSPS) is 12.4. The smallest absolute Gasteiger partial charge is 0.266 e. The SMILES string of the molecule is COc1cccc(/C=C(\C#N)C(=O)Nc2ccc3c(c2)OCO3)c1. The van der Waals surface area contributed by atoms with E-state index >= 15 is 0 Å². The standard InChI is InChI=1S/C18H14N2O4/c1-22-15-4-2-3-12(8-15)7-13(10-19)18(21)20-14-5-6-16-17(9-14)24-11-23-16/h2-9H,11H2,1H3,(H,20,21)/b13-7+. The molecule has 0 saturated heterocycles. The predicted octanol–water partition coefficient (Wildman–Crippen LogP) is 2.97. The van der Waals surface area contributed by atoms with Gasteiger partial charge in [0, 0.05) is 11.8 Å². The molecule has 0 atom stereocenters. The number of nitrogens with one attached hydrogen (secondary N) is 1. The monoisotopic (exact) mass is 322 g/mol. The molecule has 6 nitrogen and oxygen atoms in total. The molecule has 6 heteroatoms. The van der Waals surface area contributed by atoms with Gasteiger partial charge in [0.15, 0.2) is 11.5 Å². The fourth-order valence-electron chi connectivity index (χ4n) is 2.22. The number of ether oxygens (including phenoxy) is 3. The van der Waals surface area contributed by atoms with Gasteiger partial charge in [-0.1, -0.05) is 12.1 Å². The molecule has 0 fully saturated rings. The van der Waals surface area contributed by atoms with Crippen molar-refractivity contribution in [1.29, 1.82) is 5.26 Å². The summed E-state index contributed by atoms with van der Waals surface area (Å²) in [5.41, 5.74) is 1.21. The molecular weight excluding hydrogens is 308 g/mol. The predicted molar refractivity (Wildman–Crippen MR) is 87.8 cm³/mol. The lowest BCUT2D eigenvalue weighted by atomic mass is 10.1. The number of nitrogens with zero attached hydrogens (tertiary/aromatic N) is 1. The molecule has 0 radical (unpaired) electrons. The Kier molecular flexibility index (Phi) is 4.34. The lowest BCUT2D eigenvalue weighted by molar-refractivity contribution is -0.112. The van der Waals surface area contributed by atoms with Crippen molar-refractivity contribution in [2.45, 2.75) is 0 Å². The van der Waals surface area contributed by atoms with Crippen LogP contribution in [0.5, 0.6) is 17.2 Å². The van der Waals surface area contributed by atoms with E-state index in [1.54, 1.807) is 49.6 Å². The average Bonchev–Trinajstić information content (AvgIpc) is 3.07. The van der Waals surface area contributed by atoms with E-state index in [1.807, 2.05) is 6.07 Å². The first-order valence-corrected chi connectivity index (χ1v) is 7.16. The van der Waals surface area contributed by atoms with Crippen molar-refractivity contribution in [3.63, 3.8) is 0 Å². The van der Waals surface area contributed by atoms with E-state index < -0.39 is 5.91 Å². The minimum Gasteiger partial charge on any atom is -0.497 e.